The summed E-state index contributed by atoms with van der Waals surface area (Å²) in [6, 6.07) is 16.5. The summed E-state index contributed by atoms with van der Waals surface area (Å²) in [5, 5.41) is 12.0. The minimum atomic E-state index is -0.995. The molecule has 36 heavy (non-hydrogen) atoms. The molecule has 0 unspecified atom stereocenters. The van der Waals surface area contributed by atoms with Gasteiger partial charge in [0.15, 0.2) is 11.6 Å². The molecule has 0 radical (unpaired) electrons. The molecule has 0 saturated heterocycles. The number of nitrogens with zero attached hydrogens (tertiary/aromatic N) is 3. The number of benzene rings is 2. The van der Waals surface area contributed by atoms with Gasteiger partial charge in [-0.05, 0) is 60.8 Å². The summed E-state index contributed by atoms with van der Waals surface area (Å²) < 4.78 is 26.6. The number of amides is 1. The smallest absolute Gasteiger partial charge is 0.247 e. The molecule has 0 spiro atoms. The van der Waals surface area contributed by atoms with Gasteiger partial charge in [0.25, 0.3) is 0 Å². The molecule has 0 saturated carbocycles. The highest BCUT2D eigenvalue weighted by atomic mass is 19.2. The van der Waals surface area contributed by atoms with Gasteiger partial charge in [0.05, 0.1) is 5.57 Å². The van der Waals surface area contributed by atoms with E-state index in [1.54, 1.807) is 12.3 Å². The van der Waals surface area contributed by atoms with Crippen LogP contribution in [0.15, 0.2) is 89.2 Å². The number of hydrogen-bond donors (Lipinski definition) is 3. The van der Waals surface area contributed by atoms with Crippen LogP contribution in [0, 0.1) is 23.0 Å². The Morgan fingerprint density at radius 3 is 2.33 bits per heavy atom. The van der Waals surface area contributed by atoms with Gasteiger partial charge in [-0.15, -0.1) is 0 Å². The molecule has 0 atom stereocenters. The number of carbonyl (C=O) groups excluding carboxylic acids is 1. The van der Waals surface area contributed by atoms with Crippen LogP contribution in [-0.2, 0) is 17.8 Å². The van der Waals surface area contributed by atoms with Crippen LogP contribution in [0.3, 0.4) is 0 Å². The molecule has 3 aromatic rings. The number of anilines is 1. The number of allylic oxidation sites excluding steroid dienone is 2. The number of halogens is 2. The van der Waals surface area contributed by atoms with E-state index in [1.807, 2.05) is 36.4 Å². The molecule has 9 heteroatoms. The lowest BCUT2D eigenvalue weighted by Crippen LogP contribution is -2.25. The van der Waals surface area contributed by atoms with Crippen molar-refractivity contribution in [1.82, 2.24) is 10.3 Å². The average Bonchev–Trinajstić information content (AvgIpc) is 2.90. The van der Waals surface area contributed by atoms with Gasteiger partial charge >= 0.3 is 0 Å². The van der Waals surface area contributed by atoms with E-state index < -0.39 is 17.5 Å². The number of aromatic nitrogens is 1. The van der Waals surface area contributed by atoms with Crippen LogP contribution in [0.1, 0.15) is 11.1 Å². The summed E-state index contributed by atoms with van der Waals surface area (Å²) in [7, 11) is 1.50. The number of nitrogens with one attached hydrogen (secondary N) is 1. The van der Waals surface area contributed by atoms with Crippen molar-refractivity contribution in [1.29, 1.82) is 5.26 Å². The maximum absolute atomic E-state index is 13.5. The van der Waals surface area contributed by atoms with Crippen molar-refractivity contribution in [3.8, 4) is 17.2 Å². The molecular formula is C27H26F2N6O. The Bertz CT molecular complexity index is 1290. The monoisotopic (exact) mass is 488 g/mol. The van der Waals surface area contributed by atoms with Crippen molar-refractivity contribution in [2.24, 2.45) is 10.7 Å². The third kappa shape index (κ3) is 7.97. The van der Waals surface area contributed by atoms with Crippen LogP contribution in [0.2, 0.25) is 0 Å². The van der Waals surface area contributed by atoms with Gasteiger partial charge in [0.1, 0.15) is 11.9 Å². The highest BCUT2D eigenvalue weighted by molar-refractivity contribution is 5.94. The predicted molar refractivity (Wildman–Crippen MR) is 137 cm³/mol. The van der Waals surface area contributed by atoms with Crippen LogP contribution in [0.5, 0.6) is 0 Å². The van der Waals surface area contributed by atoms with Crippen LogP contribution in [0.25, 0.3) is 11.1 Å². The Morgan fingerprint density at radius 2 is 1.75 bits per heavy atom. The standard InChI is InChI=1S/C26H21F2N5O.CH5N/c1-31-14-19(13-29)11-22(26(34)33-15-18-4-8-23(27)24(28)12-18)10-17-2-5-20(6-3-17)21-7-9-25(30)32-16-21;1-2/h2-9,11-12,14,16H,1,10,15H2,(H2,30,32)(H,33,34);2H2,1H3/b19-14+,22-11+;. The first-order chi connectivity index (χ1) is 17.4. The third-order valence-electron chi connectivity index (χ3n) is 4.89. The van der Waals surface area contributed by atoms with Gasteiger partial charge in [-0.2, -0.15) is 5.26 Å². The second-order valence-corrected chi connectivity index (χ2v) is 7.32. The van der Waals surface area contributed by atoms with E-state index in [0.717, 1.165) is 28.8 Å². The Balaban J connectivity index is 0.00000222. The molecule has 1 aromatic heterocycles. The maximum atomic E-state index is 13.5. The molecule has 7 nitrogen and oxygen atoms in total. The SMILES string of the molecule is C=N/C=C(C#N)\C=C(/Cc1ccc(-c2ccc(N)nc2)cc1)C(=O)NCc1ccc(F)c(F)c1.CN. The summed E-state index contributed by atoms with van der Waals surface area (Å²) >= 11 is 0. The molecule has 184 valence electrons. The molecule has 5 N–H and O–H groups in total. The number of hydrogen-bond acceptors (Lipinski definition) is 6. The first-order valence-electron chi connectivity index (χ1n) is 10.8. The Kier molecular flexibility index (Phi) is 10.6. The number of rotatable bonds is 8. The van der Waals surface area contributed by atoms with E-state index in [-0.39, 0.29) is 18.5 Å². The van der Waals surface area contributed by atoms with Crippen LogP contribution < -0.4 is 16.8 Å². The minimum absolute atomic E-state index is 0.0121. The van der Waals surface area contributed by atoms with E-state index in [4.69, 9.17) is 5.73 Å². The van der Waals surface area contributed by atoms with Crippen LogP contribution in [0.4, 0.5) is 14.6 Å². The van der Waals surface area contributed by atoms with E-state index in [0.29, 0.717) is 17.0 Å². The van der Waals surface area contributed by atoms with E-state index in [2.05, 4.69) is 27.7 Å². The average molecular weight is 489 g/mol. The van der Waals surface area contributed by atoms with Gasteiger partial charge in [0, 0.05) is 36.5 Å². The van der Waals surface area contributed by atoms with Crippen molar-refractivity contribution in [3.05, 3.63) is 107 Å². The molecular weight excluding hydrogens is 462 g/mol. The molecule has 1 amide bonds. The first-order valence-corrected chi connectivity index (χ1v) is 10.8. The van der Waals surface area contributed by atoms with Gasteiger partial charge in [-0.1, -0.05) is 30.3 Å². The van der Waals surface area contributed by atoms with Crippen molar-refractivity contribution >= 4 is 18.4 Å². The molecule has 1 heterocycles. The molecule has 0 fully saturated rings. The van der Waals surface area contributed by atoms with Gasteiger partial charge in [-0.25, -0.2) is 13.8 Å². The third-order valence-corrected chi connectivity index (χ3v) is 4.89. The largest absolute Gasteiger partial charge is 0.384 e. The number of nitriles is 1. The van der Waals surface area contributed by atoms with Crippen molar-refractivity contribution in [3.63, 3.8) is 0 Å². The molecule has 3 rings (SSSR count). The molecule has 0 aliphatic rings. The van der Waals surface area contributed by atoms with Crippen molar-refractivity contribution < 1.29 is 13.6 Å². The normalized spacial score (nSPS) is 11.1. The Hall–Kier alpha value is -4.68. The first kappa shape index (κ1) is 27.6. The Morgan fingerprint density at radius 1 is 1.08 bits per heavy atom. The summed E-state index contributed by atoms with van der Waals surface area (Å²) in [6.07, 6.45) is 4.57. The lowest BCUT2D eigenvalue weighted by atomic mass is 9.99. The summed E-state index contributed by atoms with van der Waals surface area (Å²) in [4.78, 5) is 20.6. The summed E-state index contributed by atoms with van der Waals surface area (Å²) in [5.74, 6) is -1.98. The van der Waals surface area contributed by atoms with Gasteiger partial charge in [-0.3, -0.25) is 9.79 Å². The van der Waals surface area contributed by atoms with E-state index in [1.165, 1.54) is 25.4 Å². The zero-order valence-corrected chi connectivity index (χ0v) is 19.7. The second kappa shape index (κ2) is 13.9. The number of carbonyl (C=O) groups is 1. The fourth-order valence-corrected chi connectivity index (χ4v) is 3.14. The van der Waals surface area contributed by atoms with Crippen LogP contribution in [-0.4, -0.2) is 24.7 Å². The number of nitrogen functional groups attached to an aromatic ring is 1. The highest BCUT2D eigenvalue weighted by Gasteiger charge is 2.13. The minimum Gasteiger partial charge on any atom is -0.384 e. The quantitative estimate of drug-likeness (QED) is 0.190. The lowest BCUT2D eigenvalue weighted by Gasteiger charge is -2.11. The molecule has 2 aromatic carbocycles. The molecule has 0 aliphatic carbocycles. The highest BCUT2D eigenvalue weighted by Crippen LogP contribution is 2.21. The zero-order chi connectivity index (χ0) is 26.5. The van der Waals surface area contributed by atoms with Crippen molar-refractivity contribution in [2.45, 2.75) is 13.0 Å². The predicted octanol–water partition coefficient (Wildman–Crippen LogP) is 4.08. The second-order valence-electron chi connectivity index (χ2n) is 7.32. The van der Waals surface area contributed by atoms with E-state index >= 15 is 0 Å². The van der Waals surface area contributed by atoms with Crippen molar-refractivity contribution in [2.75, 3.05) is 12.8 Å². The zero-order valence-electron chi connectivity index (χ0n) is 19.7. The number of pyridine rings is 1. The van der Waals surface area contributed by atoms with Gasteiger partial charge in [0.2, 0.25) is 5.91 Å². The summed E-state index contributed by atoms with van der Waals surface area (Å²) in [5.41, 5.74) is 13.6. The number of aliphatic imine (C=N–C) groups is 1. The van der Waals surface area contributed by atoms with Crippen LogP contribution >= 0.6 is 0 Å². The fraction of sp³-hybridized carbons (Fsp3) is 0.111. The number of nitrogens with two attached hydrogens (primary N) is 2. The fourth-order valence-electron chi connectivity index (χ4n) is 3.14. The van der Waals surface area contributed by atoms with E-state index in [9.17, 15) is 18.8 Å². The molecule has 0 bridgehead atoms. The lowest BCUT2D eigenvalue weighted by molar-refractivity contribution is -0.117. The summed E-state index contributed by atoms with van der Waals surface area (Å²) in [6.45, 7) is 3.32. The maximum Gasteiger partial charge on any atom is 0.247 e. The van der Waals surface area contributed by atoms with Gasteiger partial charge < -0.3 is 16.8 Å². The topological polar surface area (TPSA) is 130 Å². The Labute approximate surface area is 208 Å². The molecule has 0 aliphatic heterocycles.